The second kappa shape index (κ2) is 9.16. The average molecular weight is 403 g/mol. The summed E-state index contributed by atoms with van der Waals surface area (Å²) >= 11 is 0. The molecule has 0 bridgehead atoms. The molecule has 2 heterocycles. The first-order chi connectivity index (χ1) is 14.0. The zero-order valence-corrected chi connectivity index (χ0v) is 15.0. The topological polar surface area (TPSA) is 84.3 Å². The zero-order valence-electron chi connectivity index (χ0n) is 15.0. The number of carbonyl (C=O) groups is 1. The van der Waals surface area contributed by atoms with Crippen LogP contribution in [-0.2, 0) is 13.2 Å². The van der Waals surface area contributed by atoms with E-state index in [0.717, 1.165) is 6.07 Å². The molecule has 3 rings (SSSR count). The van der Waals surface area contributed by atoms with E-state index >= 15 is 0 Å². The fourth-order valence-electron chi connectivity index (χ4n) is 2.63. The van der Waals surface area contributed by atoms with E-state index in [1.807, 2.05) is 0 Å². The van der Waals surface area contributed by atoms with E-state index in [-0.39, 0.29) is 24.6 Å². The Morgan fingerprint density at radius 3 is 2.69 bits per heavy atom. The summed E-state index contributed by atoms with van der Waals surface area (Å²) in [5, 5.41) is 12.0. The lowest BCUT2D eigenvalue weighted by molar-refractivity contribution is -0.0528. The first-order valence-corrected chi connectivity index (χ1v) is 8.50. The Labute approximate surface area is 164 Å². The molecule has 1 amide bonds. The molecular weight excluding hydrogens is 387 g/mol. The predicted octanol–water partition coefficient (Wildman–Crippen LogP) is 3.31. The molecule has 0 radical (unpaired) electrons. The fourth-order valence-corrected chi connectivity index (χ4v) is 2.63. The van der Waals surface area contributed by atoms with E-state index in [9.17, 15) is 23.1 Å². The van der Waals surface area contributed by atoms with E-state index in [2.05, 4.69) is 20.0 Å². The van der Waals surface area contributed by atoms with Crippen LogP contribution in [0.25, 0.3) is 11.3 Å². The number of hydrogen-bond acceptors (Lipinski definition) is 5. The second-order valence-corrected chi connectivity index (χ2v) is 5.93. The van der Waals surface area contributed by atoms with Gasteiger partial charge in [-0.25, -0.2) is 9.37 Å². The largest absolute Gasteiger partial charge is 0.417 e. The van der Waals surface area contributed by atoms with Crippen molar-refractivity contribution in [1.82, 2.24) is 15.3 Å². The van der Waals surface area contributed by atoms with Crippen LogP contribution in [0.2, 0.25) is 0 Å². The molecule has 0 aliphatic heterocycles. The third-order valence-electron chi connectivity index (χ3n) is 4.01. The van der Waals surface area contributed by atoms with Crippen LogP contribution in [0.3, 0.4) is 0 Å². The first-order valence-electron chi connectivity index (χ1n) is 8.50. The number of aliphatic hydroxyl groups excluding tert-OH is 1. The van der Waals surface area contributed by atoms with Crippen molar-refractivity contribution >= 4 is 5.91 Å². The highest BCUT2D eigenvalue weighted by atomic mass is 19.3. The number of nitrogens with zero attached hydrogens (tertiary/aromatic N) is 2. The Bertz CT molecular complexity index is 998. The van der Waals surface area contributed by atoms with Crippen molar-refractivity contribution in [2.75, 3.05) is 0 Å². The predicted molar refractivity (Wildman–Crippen MR) is 97.6 cm³/mol. The Balaban J connectivity index is 1.74. The van der Waals surface area contributed by atoms with Crippen LogP contribution in [0.5, 0.6) is 5.88 Å². The minimum absolute atomic E-state index is 0.00986. The van der Waals surface area contributed by atoms with Gasteiger partial charge in [-0.3, -0.25) is 9.78 Å². The van der Waals surface area contributed by atoms with Crippen molar-refractivity contribution in [3.63, 3.8) is 0 Å². The van der Waals surface area contributed by atoms with Crippen LogP contribution in [-0.4, -0.2) is 27.6 Å². The number of hydrogen-bond donors (Lipinski definition) is 2. The standard InChI is InChI=1S/C20H16F3N3O3/c21-16-5-4-13(18-14(11-27)2-1-7-24-18)8-15(16)19(28)26-10-12-3-6-17(25-9-12)29-20(22)23/h1-9,20,27H,10-11H2,(H,26,28). The van der Waals surface area contributed by atoms with Crippen LogP contribution in [0.4, 0.5) is 13.2 Å². The van der Waals surface area contributed by atoms with Crippen molar-refractivity contribution in [2.24, 2.45) is 0 Å². The van der Waals surface area contributed by atoms with Gasteiger partial charge in [-0.1, -0.05) is 12.1 Å². The normalized spacial score (nSPS) is 10.8. The van der Waals surface area contributed by atoms with Gasteiger partial charge in [0, 0.05) is 36.1 Å². The third-order valence-corrected chi connectivity index (χ3v) is 4.01. The van der Waals surface area contributed by atoms with Gasteiger partial charge in [0.25, 0.3) is 5.91 Å². The van der Waals surface area contributed by atoms with Gasteiger partial charge in [0.05, 0.1) is 17.9 Å². The fraction of sp³-hybridized carbons (Fsp3) is 0.150. The molecule has 0 saturated heterocycles. The molecular formula is C20H16F3N3O3. The molecule has 0 unspecified atom stereocenters. The van der Waals surface area contributed by atoms with Gasteiger partial charge in [0.2, 0.25) is 5.88 Å². The molecule has 9 heteroatoms. The molecule has 150 valence electrons. The number of nitrogens with one attached hydrogen (secondary N) is 1. The lowest BCUT2D eigenvalue weighted by atomic mass is 10.0. The summed E-state index contributed by atoms with van der Waals surface area (Å²) in [5.41, 5.74) is 1.80. The number of benzene rings is 1. The SMILES string of the molecule is O=C(NCc1ccc(OC(F)F)nc1)c1cc(-c2ncccc2CO)ccc1F. The molecule has 6 nitrogen and oxygen atoms in total. The molecule has 3 aromatic rings. The number of rotatable bonds is 7. The maximum atomic E-state index is 14.2. The second-order valence-electron chi connectivity index (χ2n) is 5.93. The van der Waals surface area contributed by atoms with Gasteiger partial charge >= 0.3 is 6.61 Å². The Kier molecular flexibility index (Phi) is 6.40. The molecule has 0 atom stereocenters. The summed E-state index contributed by atoms with van der Waals surface area (Å²) in [6.45, 7) is -3.22. The number of halogens is 3. The number of carbonyl (C=O) groups excluding carboxylic acids is 1. The lowest BCUT2D eigenvalue weighted by Crippen LogP contribution is -2.24. The van der Waals surface area contributed by atoms with Gasteiger partial charge in [-0.05, 0) is 29.8 Å². The van der Waals surface area contributed by atoms with Crippen molar-refractivity contribution in [2.45, 2.75) is 19.8 Å². The average Bonchev–Trinajstić information content (AvgIpc) is 2.73. The Morgan fingerprint density at radius 1 is 1.17 bits per heavy atom. The maximum Gasteiger partial charge on any atom is 0.388 e. The van der Waals surface area contributed by atoms with E-state index in [0.29, 0.717) is 22.4 Å². The van der Waals surface area contributed by atoms with E-state index in [4.69, 9.17) is 0 Å². The van der Waals surface area contributed by atoms with Gasteiger partial charge in [0.1, 0.15) is 5.82 Å². The molecule has 0 fully saturated rings. The van der Waals surface area contributed by atoms with Crippen molar-refractivity contribution in [3.8, 4) is 17.1 Å². The number of ether oxygens (including phenoxy) is 1. The van der Waals surface area contributed by atoms with Crippen LogP contribution in [0.15, 0.2) is 54.9 Å². The number of pyridine rings is 2. The lowest BCUT2D eigenvalue weighted by Gasteiger charge is -2.10. The zero-order chi connectivity index (χ0) is 20.8. The monoisotopic (exact) mass is 403 g/mol. The highest BCUT2D eigenvalue weighted by molar-refractivity contribution is 5.95. The minimum Gasteiger partial charge on any atom is -0.417 e. The highest BCUT2D eigenvalue weighted by Gasteiger charge is 2.15. The molecule has 0 aliphatic carbocycles. The smallest absolute Gasteiger partial charge is 0.388 e. The van der Waals surface area contributed by atoms with Crippen molar-refractivity contribution in [1.29, 1.82) is 0 Å². The molecule has 0 saturated carbocycles. The van der Waals surface area contributed by atoms with Crippen LogP contribution in [0.1, 0.15) is 21.5 Å². The minimum atomic E-state index is -2.98. The quantitative estimate of drug-likeness (QED) is 0.632. The molecule has 29 heavy (non-hydrogen) atoms. The summed E-state index contributed by atoms with van der Waals surface area (Å²) < 4.78 is 42.6. The number of alkyl halides is 2. The van der Waals surface area contributed by atoms with Crippen LogP contribution in [0, 0.1) is 5.82 Å². The number of aliphatic hydroxyl groups is 1. The number of aromatic nitrogens is 2. The third kappa shape index (κ3) is 5.08. The highest BCUT2D eigenvalue weighted by Crippen LogP contribution is 2.24. The Hall–Kier alpha value is -3.46. The van der Waals surface area contributed by atoms with Gasteiger partial charge < -0.3 is 15.2 Å². The van der Waals surface area contributed by atoms with E-state index < -0.39 is 18.3 Å². The first kappa shape index (κ1) is 20.3. The summed E-state index contributed by atoms with van der Waals surface area (Å²) in [6, 6.07) is 10.0. The molecule has 1 aromatic carbocycles. The van der Waals surface area contributed by atoms with Gasteiger partial charge in [-0.2, -0.15) is 8.78 Å². The molecule has 0 aliphatic rings. The maximum absolute atomic E-state index is 14.2. The van der Waals surface area contributed by atoms with Gasteiger partial charge in [0.15, 0.2) is 0 Å². The van der Waals surface area contributed by atoms with Crippen LogP contribution < -0.4 is 10.1 Å². The Morgan fingerprint density at radius 2 is 2.00 bits per heavy atom. The molecule has 0 spiro atoms. The van der Waals surface area contributed by atoms with Crippen LogP contribution >= 0.6 is 0 Å². The summed E-state index contributed by atoms with van der Waals surface area (Å²) in [4.78, 5) is 20.3. The van der Waals surface area contributed by atoms with E-state index in [1.165, 1.54) is 36.7 Å². The summed E-state index contributed by atoms with van der Waals surface area (Å²) in [5.74, 6) is -1.63. The molecule has 2 aromatic heterocycles. The number of amides is 1. The van der Waals surface area contributed by atoms with Crippen molar-refractivity contribution in [3.05, 3.63) is 77.4 Å². The van der Waals surface area contributed by atoms with Gasteiger partial charge in [-0.15, -0.1) is 0 Å². The summed E-state index contributed by atoms with van der Waals surface area (Å²) in [6.07, 6.45) is 2.80. The molecule has 2 N–H and O–H groups in total. The summed E-state index contributed by atoms with van der Waals surface area (Å²) in [7, 11) is 0. The van der Waals surface area contributed by atoms with E-state index in [1.54, 1.807) is 12.1 Å². The van der Waals surface area contributed by atoms with Crippen molar-refractivity contribution < 1.29 is 27.8 Å².